The van der Waals surface area contributed by atoms with Crippen molar-refractivity contribution in [1.29, 1.82) is 0 Å². The van der Waals surface area contributed by atoms with E-state index in [9.17, 15) is 26.4 Å². The number of anilines is 1. The number of benzene rings is 1. The van der Waals surface area contributed by atoms with Gasteiger partial charge in [0.1, 0.15) is 6.54 Å². The molecule has 0 fully saturated rings. The molecule has 10 nitrogen and oxygen atoms in total. The molecule has 0 aliphatic rings. The van der Waals surface area contributed by atoms with Crippen LogP contribution in [0.2, 0.25) is 0 Å². The van der Waals surface area contributed by atoms with Gasteiger partial charge in [0, 0.05) is 31.9 Å². The normalized spacial score (nSPS) is 12.0. The molecule has 0 atom stereocenters. The molecule has 0 aliphatic carbocycles. The molecule has 0 spiro atoms. The molecule has 0 saturated carbocycles. The number of para-hydroxylation sites is 1. The Morgan fingerprint density at radius 1 is 1.03 bits per heavy atom. The molecule has 2 rings (SSSR count). The van der Waals surface area contributed by atoms with Crippen molar-refractivity contribution in [3.05, 3.63) is 58.5 Å². The number of nitrogens with zero attached hydrogens (tertiary/aromatic N) is 2. The smallest absolute Gasteiger partial charge is 0.251 e. The fourth-order valence-corrected chi connectivity index (χ4v) is 4.95. The third-order valence-corrected chi connectivity index (χ3v) is 7.03. The zero-order valence-corrected chi connectivity index (χ0v) is 19.2. The Morgan fingerprint density at radius 3 is 2.29 bits per heavy atom. The average Bonchev–Trinajstić information content (AvgIpc) is 2.68. The second-order valence-electron chi connectivity index (χ2n) is 6.73. The van der Waals surface area contributed by atoms with Gasteiger partial charge in [-0.3, -0.25) is 14.3 Å². The van der Waals surface area contributed by atoms with Crippen LogP contribution in [-0.4, -0.2) is 51.0 Å². The maximum Gasteiger partial charge on any atom is 0.251 e. The van der Waals surface area contributed by atoms with E-state index in [-0.39, 0.29) is 31.1 Å². The van der Waals surface area contributed by atoms with Crippen LogP contribution in [-0.2, 0) is 37.9 Å². The maximum absolute atomic E-state index is 12.7. The van der Waals surface area contributed by atoms with Crippen LogP contribution >= 0.6 is 0 Å². The van der Waals surface area contributed by atoms with E-state index >= 15 is 0 Å². The molecular weight excluding hydrogens is 444 g/mol. The van der Waals surface area contributed by atoms with Crippen LogP contribution in [0.1, 0.15) is 19.4 Å². The Balaban J connectivity index is 2.16. The van der Waals surface area contributed by atoms with Crippen LogP contribution in [0.3, 0.4) is 0 Å². The monoisotopic (exact) mass is 470 g/mol. The Hall–Kier alpha value is -2.70. The van der Waals surface area contributed by atoms with E-state index < -0.39 is 31.5 Å². The highest BCUT2D eigenvalue weighted by molar-refractivity contribution is 7.92. The summed E-state index contributed by atoms with van der Waals surface area (Å²) >= 11 is 0. The molecule has 2 aromatic rings. The molecule has 1 aromatic carbocycles. The van der Waals surface area contributed by atoms with Gasteiger partial charge in [-0.2, -0.15) is 4.31 Å². The second-order valence-corrected chi connectivity index (χ2v) is 10.4. The molecule has 31 heavy (non-hydrogen) atoms. The Morgan fingerprint density at radius 2 is 1.68 bits per heavy atom. The molecule has 12 heteroatoms. The van der Waals surface area contributed by atoms with E-state index in [4.69, 9.17) is 0 Å². The molecule has 170 valence electrons. The summed E-state index contributed by atoms with van der Waals surface area (Å²) in [6.45, 7) is 3.60. The van der Waals surface area contributed by atoms with E-state index in [1.807, 2.05) is 0 Å². The Labute approximate surface area is 182 Å². The molecule has 0 aliphatic heterocycles. The standard InChI is InChI=1S/C19H26N4O6S2/c1-4-23(5-2)31(28,29)16-10-11-19(25)22(13-16)14-18(24)20-12-15-8-6-7-9-17(15)21-30(3,26)27/h6-11,13,21H,4-5,12,14H2,1-3H3,(H,20,24). The zero-order chi connectivity index (χ0) is 23.2. The summed E-state index contributed by atoms with van der Waals surface area (Å²) in [6, 6.07) is 8.89. The molecule has 0 saturated heterocycles. The van der Waals surface area contributed by atoms with Gasteiger partial charge >= 0.3 is 0 Å². The quantitative estimate of drug-likeness (QED) is 0.521. The van der Waals surface area contributed by atoms with Gasteiger partial charge in [-0.05, 0) is 17.7 Å². The highest BCUT2D eigenvalue weighted by atomic mass is 32.2. The molecule has 2 N–H and O–H groups in total. The fraction of sp³-hybridized carbons (Fsp3) is 0.368. The molecule has 0 bridgehead atoms. The van der Waals surface area contributed by atoms with Crippen LogP contribution in [0.15, 0.2) is 52.3 Å². The molecule has 1 amide bonds. The van der Waals surface area contributed by atoms with Crippen molar-refractivity contribution in [2.45, 2.75) is 31.8 Å². The lowest BCUT2D eigenvalue weighted by Gasteiger charge is -2.19. The SMILES string of the molecule is CCN(CC)S(=O)(=O)c1ccc(=O)n(CC(=O)NCc2ccccc2NS(C)(=O)=O)c1. The minimum absolute atomic E-state index is 0.0176. The summed E-state index contributed by atoms with van der Waals surface area (Å²) < 4.78 is 52.9. The first-order valence-corrected chi connectivity index (χ1v) is 12.8. The van der Waals surface area contributed by atoms with Crippen LogP contribution < -0.4 is 15.6 Å². The summed E-state index contributed by atoms with van der Waals surface area (Å²) in [7, 11) is -7.27. The van der Waals surface area contributed by atoms with Crippen molar-refractivity contribution in [1.82, 2.24) is 14.2 Å². The summed E-state index contributed by atoms with van der Waals surface area (Å²) in [5, 5.41) is 2.61. The van der Waals surface area contributed by atoms with Crippen LogP contribution in [0.5, 0.6) is 0 Å². The zero-order valence-electron chi connectivity index (χ0n) is 17.5. The third kappa shape index (κ3) is 6.64. The summed E-state index contributed by atoms with van der Waals surface area (Å²) in [6.07, 6.45) is 2.17. The van der Waals surface area contributed by atoms with Gasteiger partial charge in [0.25, 0.3) is 5.56 Å². The predicted octanol–water partition coefficient (Wildman–Crippen LogP) is 0.567. The van der Waals surface area contributed by atoms with Crippen molar-refractivity contribution in [3.8, 4) is 0 Å². The average molecular weight is 471 g/mol. The summed E-state index contributed by atoms with van der Waals surface area (Å²) in [4.78, 5) is 24.4. The lowest BCUT2D eigenvalue weighted by atomic mass is 10.2. The number of carbonyl (C=O) groups is 1. The molecule has 1 aromatic heterocycles. The molecular formula is C19H26N4O6S2. The summed E-state index contributed by atoms with van der Waals surface area (Å²) in [5.74, 6) is -0.534. The van der Waals surface area contributed by atoms with E-state index in [0.29, 0.717) is 11.3 Å². The predicted molar refractivity (Wildman–Crippen MR) is 118 cm³/mol. The van der Waals surface area contributed by atoms with Crippen molar-refractivity contribution in [3.63, 3.8) is 0 Å². The fourth-order valence-electron chi connectivity index (χ4n) is 2.88. The van der Waals surface area contributed by atoms with Gasteiger partial charge in [-0.25, -0.2) is 16.8 Å². The van der Waals surface area contributed by atoms with Crippen LogP contribution in [0, 0.1) is 0 Å². The maximum atomic E-state index is 12.7. The van der Waals surface area contributed by atoms with Crippen LogP contribution in [0.25, 0.3) is 0 Å². The number of rotatable bonds is 10. The number of sulfonamides is 2. The number of hydrogen-bond acceptors (Lipinski definition) is 6. The van der Waals surface area contributed by atoms with Gasteiger partial charge in [0.05, 0.1) is 16.8 Å². The van der Waals surface area contributed by atoms with E-state index in [1.54, 1.807) is 38.1 Å². The Bertz CT molecular complexity index is 1200. The van der Waals surface area contributed by atoms with Gasteiger partial charge in [0.15, 0.2) is 0 Å². The van der Waals surface area contributed by atoms with Crippen molar-refractivity contribution >= 4 is 31.6 Å². The first kappa shape index (κ1) is 24.6. The van der Waals surface area contributed by atoms with E-state index in [0.717, 1.165) is 23.1 Å². The van der Waals surface area contributed by atoms with E-state index in [1.165, 1.54) is 10.4 Å². The van der Waals surface area contributed by atoms with Gasteiger partial charge < -0.3 is 9.88 Å². The van der Waals surface area contributed by atoms with Crippen molar-refractivity contribution in [2.24, 2.45) is 0 Å². The van der Waals surface area contributed by atoms with Crippen LogP contribution in [0.4, 0.5) is 5.69 Å². The third-order valence-electron chi connectivity index (χ3n) is 4.40. The van der Waals surface area contributed by atoms with Crippen molar-refractivity contribution in [2.75, 3.05) is 24.1 Å². The Kier molecular flexibility index (Phi) is 7.98. The molecule has 1 heterocycles. The van der Waals surface area contributed by atoms with Crippen molar-refractivity contribution < 1.29 is 21.6 Å². The highest BCUT2D eigenvalue weighted by Crippen LogP contribution is 2.16. The lowest BCUT2D eigenvalue weighted by molar-refractivity contribution is -0.121. The summed E-state index contributed by atoms with van der Waals surface area (Å²) in [5.41, 5.74) is 0.342. The minimum Gasteiger partial charge on any atom is -0.350 e. The number of hydrogen-bond donors (Lipinski definition) is 2. The van der Waals surface area contributed by atoms with E-state index in [2.05, 4.69) is 10.0 Å². The molecule has 0 radical (unpaired) electrons. The first-order chi connectivity index (χ1) is 14.5. The topological polar surface area (TPSA) is 135 Å². The second kappa shape index (κ2) is 10.1. The van der Waals surface area contributed by atoms with Gasteiger partial charge in [0.2, 0.25) is 26.0 Å². The largest absolute Gasteiger partial charge is 0.350 e. The highest BCUT2D eigenvalue weighted by Gasteiger charge is 2.22. The number of nitrogens with one attached hydrogen (secondary N) is 2. The number of aromatic nitrogens is 1. The van der Waals surface area contributed by atoms with Gasteiger partial charge in [-0.1, -0.05) is 32.0 Å². The first-order valence-electron chi connectivity index (χ1n) is 9.51. The molecule has 0 unspecified atom stereocenters. The number of amides is 1. The minimum atomic E-state index is -3.78. The lowest BCUT2D eigenvalue weighted by Crippen LogP contribution is -2.34. The number of carbonyl (C=O) groups excluding carboxylic acids is 1. The number of pyridine rings is 1. The van der Waals surface area contributed by atoms with Gasteiger partial charge in [-0.15, -0.1) is 0 Å².